The summed E-state index contributed by atoms with van der Waals surface area (Å²) in [6.45, 7) is 19.4. The Balaban J connectivity index is 0.000000301. The third-order valence-corrected chi connectivity index (χ3v) is 10.9. The van der Waals surface area contributed by atoms with Gasteiger partial charge in [-0.3, -0.25) is 9.78 Å². The van der Waals surface area contributed by atoms with Crippen molar-refractivity contribution in [1.29, 1.82) is 0 Å². The summed E-state index contributed by atoms with van der Waals surface area (Å²) < 4.78 is 8.92. The molecule has 1 N–H and O–H groups in total. The van der Waals surface area contributed by atoms with E-state index in [9.17, 15) is 9.90 Å². The van der Waals surface area contributed by atoms with Gasteiger partial charge in [-0.1, -0.05) is 104 Å². The van der Waals surface area contributed by atoms with Gasteiger partial charge in [-0.25, -0.2) is 0 Å². The summed E-state index contributed by atoms with van der Waals surface area (Å²) >= 11 is 1.79. The number of benzene rings is 3. The van der Waals surface area contributed by atoms with Gasteiger partial charge in [0.25, 0.3) is 0 Å². The van der Waals surface area contributed by atoms with Crippen LogP contribution in [0.15, 0.2) is 77.0 Å². The number of para-hydroxylation sites is 1. The van der Waals surface area contributed by atoms with Gasteiger partial charge in [0.1, 0.15) is 5.58 Å². The maximum absolute atomic E-state index is 11.7. The molecule has 0 bridgehead atoms. The molecular weight excluding hydrogens is 815 g/mol. The average Bonchev–Trinajstić information content (AvgIpc) is 3.62. The molecule has 0 aliphatic rings. The Morgan fingerprint density at radius 3 is 2.16 bits per heavy atom. The number of aliphatic hydroxyl groups excluding tert-OH is 1. The van der Waals surface area contributed by atoms with E-state index in [4.69, 9.17) is 9.40 Å². The predicted molar refractivity (Wildman–Crippen MR) is 210 cm³/mol. The first-order valence-electron chi connectivity index (χ1n) is 18.0. The van der Waals surface area contributed by atoms with Crippen molar-refractivity contribution in [1.82, 2.24) is 4.98 Å². The minimum atomic E-state index is 0. The molecular formula is C44H52IrNO3S-. The molecule has 3 aromatic carbocycles. The molecule has 1 radical (unpaired) electrons. The molecule has 3 heterocycles. The fraction of sp³-hybridized carbons (Fsp3) is 0.409. The molecule has 6 heteroatoms. The van der Waals surface area contributed by atoms with Gasteiger partial charge in [0.2, 0.25) is 0 Å². The van der Waals surface area contributed by atoms with E-state index in [1.807, 2.05) is 33.9 Å². The van der Waals surface area contributed by atoms with Crippen LogP contribution in [0.3, 0.4) is 0 Å². The number of allylic oxidation sites excluding steroid dienone is 2. The number of nitrogens with zero attached hydrogens (tertiary/aromatic N) is 1. The Morgan fingerprint density at radius 2 is 1.52 bits per heavy atom. The van der Waals surface area contributed by atoms with E-state index in [1.54, 1.807) is 11.3 Å². The molecule has 0 aliphatic heterocycles. The second-order valence-corrected chi connectivity index (χ2v) is 15.7. The van der Waals surface area contributed by atoms with E-state index in [2.05, 4.69) is 95.3 Å². The van der Waals surface area contributed by atoms with Crippen molar-refractivity contribution in [2.24, 2.45) is 17.8 Å². The molecule has 6 rings (SSSR count). The van der Waals surface area contributed by atoms with Crippen LogP contribution >= 0.6 is 11.3 Å². The number of furan rings is 1. The van der Waals surface area contributed by atoms with E-state index in [0.717, 1.165) is 65.3 Å². The average molecular weight is 867 g/mol. The summed E-state index contributed by atoms with van der Waals surface area (Å²) in [4.78, 5) is 16.6. The van der Waals surface area contributed by atoms with Crippen LogP contribution in [-0.2, 0) is 36.7 Å². The Morgan fingerprint density at radius 1 is 0.880 bits per heavy atom. The molecule has 0 atom stereocenters. The van der Waals surface area contributed by atoms with Gasteiger partial charge in [0.05, 0.1) is 10.5 Å². The molecule has 6 aromatic rings. The van der Waals surface area contributed by atoms with Crippen LogP contribution in [0.25, 0.3) is 53.4 Å². The number of carbonyl (C=O) groups excluding carboxylic acids is 1. The third-order valence-electron chi connectivity index (χ3n) is 9.65. The fourth-order valence-corrected chi connectivity index (χ4v) is 8.07. The number of aromatic nitrogens is 1. The molecule has 3 aromatic heterocycles. The number of ketones is 1. The fourth-order valence-electron chi connectivity index (χ4n) is 6.82. The minimum absolute atomic E-state index is 0. The minimum Gasteiger partial charge on any atom is -0.512 e. The number of rotatable bonds is 10. The van der Waals surface area contributed by atoms with E-state index in [1.165, 1.54) is 37.4 Å². The van der Waals surface area contributed by atoms with Crippen LogP contribution in [0.5, 0.6) is 0 Å². The first kappa shape index (κ1) is 39.5. The molecule has 0 spiro atoms. The summed E-state index contributed by atoms with van der Waals surface area (Å²) in [6.07, 6.45) is 7.83. The van der Waals surface area contributed by atoms with Crippen LogP contribution in [0.4, 0.5) is 0 Å². The normalized spacial score (nSPS) is 12.4. The standard InChI is InChI=1S/C31H28NOS.C13H24O2.Ir/c1-18(2)15-20-10-8-12-23-27(20)33-28-24-13-14-32-26(29(24)34-30(23)28)21-16-19-9-6-7-11-22(19)25(17-21)31(3,4)5;1-5-10(6-2)12(14)9-13(15)11(7-3)8-4;/h6-14,17-18H,15H2,1-5H3;9-11,14H,5-8H2,1-4H3;/q-1;;/b;12-9-;. The van der Waals surface area contributed by atoms with Gasteiger partial charge in [-0.05, 0) is 61.1 Å². The van der Waals surface area contributed by atoms with E-state index >= 15 is 0 Å². The molecule has 0 fully saturated rings. The number of hydrogen-bond acceptors (Lipinski definition) is 5. The number of carbonyl (C=O) groups is 1. The zero-order valence-corrected chi connectivity index (χ0v) is 34.3. The Bertz CT molecular complexity index is 2110. The van der Waals surface area contributed by atoms with Gasteiger partial charge >= 0.3 is 0 Å². The molecule has 0 saturated carbocycles. The van der Waals surface area contributed by atoms with Crippen LogP contribution in [-0.4, -0.2) is 15.9 Å². The van der Waals surface area contributed by atoms with Gasteiger partial charge in [-0.15, -0.1) is 40.5 Å². The molecule has 0 unspecified atom stereocenters. The van der Waals surface area contributed by atoms with Crippen LogP contribution in [0.1, 0.15) is 99.1 Å². The first-order valence-corrected chi connectivity index (χ1v) is 18.8. The summed E-state index contributed by atoms with van der Waals surface area (Å²) in [6, 6.07) is 23.1. The molecule has 50 heavy (non-hydrogen) atoms. The van der Waals surface area contributed by atoms with Crippen molar-refractivity contribution in [3.63, 3.8) is 0 Å². The van der Waals surface area contributed by atoms with Crippen molar-refractivity contribution in [3.05, 3.63) is 89.8 Å². The van der Waals surface area contributed by atoms with E-state index < -0.39 is 0 Å². The number of fused-ring (bicyclic) bond motifs is 6. The number of aliphatic hydroxyl groups is 1. The first-order chi connectivity index (χ1) is 23.4. The zero-order valence-electron chi connectivity index (χ0n) is 31.1. The van der Waals surface area contributed by atoms with Crippen molar-refractivity contribution in [2.45, 2.75) is 99.8 Å². The topological polar surface area (TPSA) is 63.3 Å². The summed E-state index contributed by atoms with van der Waals surface area (Å²) in [7, 11) is 0. The van der Waals surface area contributed by atoms with Gasteiger partial charge in [0.15, 0.2) is 11.4 Å². The zero-order chi connectivity index (χ0) is 35.5. The van der Waals surface area contributed by atoms with Crippen molar-refractivity contribution in [3.8, 4) is 11.3 Å². The Kier molecular flexibility index (Phi) is 13.3. The molecule has 4 nitrogen and oxygen atoms in total. The Labute approximate surface area is 315 Å². The van der Waals surface area contributed by atoms with Gasteiger partial charge in [0, 0.05) is 65.4 Å². The van der Waals surface area contributed by atoms with Crippen molar-refractivity contribution >= 4 is 59.2 Å². The number of pyridine rings is 1. The summed E-state index contributed by atoms with van der Waals surface area (Å²) in [5, 5.41) is 14.5. The van der Waals surface area contributed by atoms with Crippen molar-refractivity contribution in [2.75, 3.05) is 0 Å². The maximum atomic E-state index is 11.7. The molecule has 0 saturated heterocycles. The van der Waals surface area contributed by atoms with Gasteiger partial charge in [-0.2, -0.15) is 0 Å². The van der Waals surface area contributed by atoms with Crippen LogP contribution in [0.2, 0.25) is 0 Å². The third kappa shape index (κ3) is 8.25. The quantitative estimate of drug-likeness (QED) is 0.0846. The molecule has 0 amide bonds. The SMILES string of the molecule is CC(C)Cc1cccc2c1oc1c3ccnc(-c4[c-]c5ccccc5c(C(C)(C)C)c4)c3sc21.CCC(CC)C(=O)/C=C(\O)C(CC)CC.[Ir]. The number of thiophene rings is 1. The Hall–Kier alpha value is -3.31. The van der Waals surface area contributed by atoms with E-state index in [-0.39, 0.29) is 48.9 Å². The summed E-state index contributed by atoms with van der Waals surface area (Å²) in [5.41, 5.74) is 6.66. The second-order valence-electron chi connectivity index (χ2n) is 14.7. The molecule has 0 aliphatic carbocycles. The van der Waals surface area contributed by atoms with Crippen molar-refractivity contribution < 1.29 is 34.4 Å². The molecule has 267 valence electrons. The van der Waals surface area contributed by atoms with Gasteiger partial charge < -0.3 is 9.52 Å². The van der Waals surface area contributed by atoms with E-state index in [0.29, 0.717) is 5.92 Å². The largest absolute Gasteiger partial charge is 0.512 e. The monoisotopic (exact) mass is 867 g/mol. The second kappa shape index (κ2) is 16.8. The number of hydrogen-bond donors (Lipinski definition) is 1. The smallest absolute Gasteiger partial charge is 0.162 e. The summed E-state index contributed by atoms with van der Waals surface area (Å²) in [5.74, 6) is 1.13. The van der Waals surface area contributed by atoms with Crippen LogP contribution in [0, 0.1) is 23.8 Å². The maximum Gasteiger partial charge on any atom is 0.162 e. The van der Waals surface area contributed by atoms with Crippen LogP contribution < -0.4 is 0 Å². The predicted octanol–water partition coefficient (Wildman–Crippen LogP) is 13.2.